The van der Waals surface area contributed by atoms with Gasteiger partial charge in [0.1, 0.15) is 12.1 Å². The molecule has 0 bridgehead atoms. The fourth-order valence-electron chi connectivity index (χ4n) is 5.04. The number of benzene rings is 3. The first kappa shape index (κ1) is 37.7. The Bertz CT molecular complexity index is 1710. The highest BCUT2D eigenvalue weighted by atomic mass is 16.5. The number of rotatable bonds is 17. The number of Topliss-reactive ketones (excluding diaryl/α,β-unsaturated/α-hetero) is 1. The highest BCUT2D eigenvalue weighted by Gasteiger charge is 2.30. The first-order valence-corrected chi connectivity index (χ1v) is 15.9. The Labute approximate surface area is 284 Å². The molecule has 49 heavy (non-hydrogen) atoms. The summed E-state index contributed by atoms with van der Waals surface area (Å²) < 4.78 is 4.85. The van der Waals surface area contributed by atoms with Crippen LogP contribution in [-0.2, 0) is 19.1 Å². The normalized spacial score (nSPS) is 11.8. The minimum atomic E-state index is -1.19. The maximum absolute atomic E-state index is 13.6. The predicted octanol–water partition coefficient (Wildman–Crippen LogP) is 2.75. The maximum atomic E-state index is 13.6. The van der Waals surface area contributed by atoms with Crippen LogP contribution >= 0.6 is 0 Å². The maximum Gasteiger partial charge on any atom is 0.328 e. The molecule has 0 aromatic heterocycles. The van der Waals surface area contributed by atoms with Crippen molar-refractivity contribution in [3.63, 3.8) is 0 Å². The van der Waals surface area contributed by atoms with Crippen molar-refractivity contribution < 1.29 is 28.7 Å². The van der Waals surface area contributed by atoms with Crippen molar-refractivity contribution >= 4 is 57.7 Å². The molecule has 3 amide bonds. The number of carbonyl (C=O) groups is 5. The Kier molecular flexibility index (Phi) is 14.2. The summed E-state index contributed by atoms with van der Waals surface area (Å²) in [6.07, 6.45) is 1.65. The van der Waals surface area contributed by atoms with Crippen LogP contribution in [-0.4, -0.2) is 73.6 Å². The SMILES string of the molecule is COC(=O)C(CCCNC(=N)N)NC(=O)C(CCCCNC(C)=N)NC(=O)C(=O)c1cc(C)ccc1NC(=O)c1ccc2ccccc2c1. The summed E-state index contributed by atoms with van der Waals surface area (Å²) in [4.78, 5) is 66.2. The number of aryl methyl sites for hydroxylation is 1. The zero-order chi connectivity index (χ0) is 35.9. The lowest BCUT2D eigenvalue weighted by atomic mass is 10.0. The molecule has 0 aliphatic rings. The van der Waals surface area contributed by atoms with Gasteiger partial charge in [0.05, 0.1) is 24.2 Å². The molecule has 2 unspecified atom stereocenters. The van der Waals surface area contributed by atoms with Crippen LogP contribution in [0.5, 0.6) is 0 Å². The summed E-state index contributed by atoms with van der Waals surface area (Å²) in [7, 11) is 1.18. The largest absolute Gasteiger partial charge is 0.467 e. The molecule has 3 aromatic rings. The predicted molar refractivity (Wildman–Crippen MR) is 188 cm³/mol. The van der Waals surface area contributed by atoms with Crippen molar-refractivity contribution in [2.45, 2.75) is 58.0 Å². The molecular weight excluding hydrogens is 628 g/mol. The first-order chi connectivity index (χ1) is 23.4. The third-order valence-electron chi connectivity index (χ3n) is 7.60. The molecule has 0 aliphatic heterocycles. The number of fused-ring (bicyclic) bond motifs is 1. The molecule has 0 saturated carbocycles. The Morgan fingerprint density at radius 1 is 0.816 bits per heavy atom. The molecule has 3 rings (SSSR count). The molecule has 260 valence electrons. The quantitative estimate of drug-likeness (QED) is 0.0263. The van der Waals surface area contributed by atoms with Crippen LogP contribution in [0.1, 0.15) is 65.3 Å². The summed E-state index contributed by atoms with van der Waals surface area (Å²) >= 11 is 0. The van der Waals surface area contributed by atoms with Crippen LogP contribution in [0.25, 0.3) is 10.8 Å². The van der Waals surface area contributed by atoms with Gasteiger partial charge in [-0.3, -0.25) is 30.0 Å². The monoisotopic (exact) mass is 672 g/mol. The topological polar surface area (TPSA) is 228 Å². The minimum absolute atomic E-state index is 0.0538. The number of methoxy groups -OCH3 is 1. The highest BCUT2D eigenvalue weighted by Crippen LogP contribution is 2.21. The lowest BCUT2D eigenvalue weighted by molar-refractivity contribution is -0.145. The Morgan fingerprint density at radius 3 is 2.20 bits per heavy atom. The van der Waals surface area contributed by atoms with E-state index in [4.69, 9.17) is 21.3 Å². The van der Waals surface area contributed by atoms with Gasteiger partial charge in [0.25, 0.3) is 17.6 Å². The summed E-state index contributed by atoms with van der Waals surface area (Å²) in [5, 5.41) is 30.0. The molecule has 0 heterocycles. The summed E-state index contributed by atoms with van der Waals surface area (Å²) in [6.45, 7) is 4.09. The third-order valence-corrected chi connectivity index (χ3v) is 7.60. The lowest BCUT2D eigenvalue weighted by Gasteiger charge is -2.22. The van der Waals surface area contributed by atoms with E-state index in [1.807, 2.05) is 30.3 Å². The number of amidine groups is 1. The first-order valence-electron chi connectivity index (χ1n) is 15.9. The van der Waals surface area contributed by atoms with Crippen LogP contribution in [0.2, 0.25) is 0 Å². The van der Waals surface area contributed by atoms with Crippen LogP contribution in [0.15, 0.2) is 60.7 Å². The minimum Gasteiger partial charge on any atom is -0.467 e. The van der Waals surface area contributed by atoms with Crippen LogP contribution in [0, 0.1) is 17.7 Å². The van der Waals surface area contributed by atoms with Gasteiger partial charge >= 0.3 is 5.97 Å². The molecule has 3 aromatic carbocycles. The van der Waals surface area contributed by atoms with E-state index in [1.54, 1.807) is 38.1 Å². The zero-order valence-corrected chi connectivity index (χ0v) is 27.9. The van der Waals surface area contributed by atoms with E-state index in [1.165, 1.54) is 13.2 Å². The van der Waals surface area contributed by atoms with Crippen molar-refractivity contribution in [2.75, 3.05) is 25.5 Å². The Balaban J connectivity index is 1.78. The van der Waals surface area contributed by atoms with Crippen LogP contribution < -0.4 is 32.3 Å². The van der Waals surface area contributed by atoms with E-state index in [0.29, 0.717) is 36.9 Å². The van der Waals surface area contributed by atoms with Crippen molar-refractivity contribution in [2.24, 2.45) is 5.73 Å². The number of ether oxygens (including phenoxy) is 1. The van der Waals surface area contributed by atoms with Gasteiger partial charge in [-0.2, -0.15) is 0 Å². The van der Waals surface area contributed by atoms with E-state index >= 15 is 0 Å². The Morgan fingerprint density at radius 2 is 1.51 bits per heavy atom. The van der Waals surface area contributed by atoms with Crippen molar-refractivity contribution in [3.8, 4) is 0 Å². The molecular formula is C35H44N8O6. The van der Waals surface area contributed by atoms with E-state index in [9.17, 15) is 24.0 Å². The second-order valence-corrected chi connectivity index (χ2v) is 11.5. The number of anilines is 1. The van der Waals surface area contributed by atoms with Gasteiger partial charge in [-0.25, -0.2) is 4.79 Å². The molecule has 14 heteroatoms. The van der Waals surface area contributed by atoms with Gasteiger partial charge in [0, 0.05) is 18.7 Å². The number of ketones is 1. The number of nitrogens with two attached hydrogens (primary N) is 1. The number of unbranched alkanes of at least 4 members (excludes halogenated alkanes) is 1. The van der Waals surface area contributed by atoms with E-state index in [2.05, 4.69) is 26.6 Å². The van der Waals surface area contributed by atoms with Gasteiger partial charge in [-0.1, -0.05) is 42.0 Å². The summed E-state index contributed by atoms with van der Waals surface area (Å²) in [5.41, 5.74) is 6.41. The average Bonchev–Trinajstić information content (AvgIpc) is 3.08. The number of esters is 1. The molecule has 0 spiro atoms. The molecule has 9 N–H and O–H groups in total. The fraction of sp³-hybridized carbons (Fsp3) is 0.343. The van der Waals surface area contributed by atoms with Crippen LogP contribution in [0.3, 0.4) is 0 Å². The summed E-state index contributed by atoms with van der Waals surface area (Å²) in [5.74, 6) is -3.84. The number of hydrogen-bond acceptors (Lipinski definition) is 8. The molecule has 0 saturated heterocycles. The van der Waals surface area contributed by atoms with E-state index in [-0.39, 0.29) is 42.4 Å². The number of carbonyl (C=O) groups excluding carboxylic acids is 5. The van der Waals surface area contributed by atoms with Crippen molar-refractivity contribution in [3.05, 3.63) is 77.4 Å². The van der Waals surface area contributed by atoms with Gasteiger partial charge in [0.15, 0.2) is 5.96 Å². The molecule has 0 radical (unpaired) electrons. The third kappa shape index (κ3) is 11.8. The van der Waals surface area contributed by atoms with E-state index < -0.39 is 41.6 Å². The zero-order valence-electron chi connectivity index (χ0n) is 27.9. The van der Waals surface area contributed by atoms with Crippen molar-refractivity contribution in [1.82, 2.24) is 21.3 Å². The van der Waals surface area contributed by atoms with Crippen LogP contribution in [0.4, 0.5) is 5.69 Å². The molecule has 0 aliphatic carbocycles. The number of hydrogen-bond donors (Lipinski definition) is 8. The smallest absolute Gasteiger partial charge is 0.328 e. The molecule has 2 atom stereocenters. The fourth-order valence-corrected chi connectivity index (χ4v) is 5.04. The molecule has 0 fully saturated rings. The van der Waals surface area contributed by atoms with Gasteiger partial charge in [0.2, 0.25) is 5.91 Å². The van der Waals surface area contributed by atoms with Gasteiger partial charge in [-0.05, 0) is 81.0 Å². The second-order valence-electron chi connectivity index (χ2n) is 11.5. The van der Waals surface area contributed by atoms with Gasteiger partial charge < -0.3 is 37.1 Å². The summed E-state index contributed by atoms with van der Waals surface area (Å²) in [6, 6.07) is 15.3. The highest BCUT2D eigenvalue weighted by molar-refractivity contribution is 6.44. The standard InChI is InChI=1S/C35H44N8O6/c1-21-13-16-27(41-31(45)25-15-14-23-9-4-5-10-24(23)20-25)26(19-21)30(44)33(47)42-28(11-6-7-17-39-22(2)36)32(46)43-29(34(48)49-3)12-8-18-40-35(37)38/h4-5,9-10,13-16,19-20,28-29H,6-8,11-12,17-18H2,1-3H3,(H2,36,39)(H,41,45)(H,42,47)(H,43,46)(H4,37,38,40). The Hall–Kier alpha value is -5.79. The number of amides is 3. The molecule has 14 nitrogen and oxygen atoms in total. The lowest BCUT2D eigenvalue weighted by Crippen LogP contribution is -2.53. The van der Waals surface area contributed by atoms with Crippen molar-refractivity contribution in [1.29, 1.82) is 10.8 Å². The number of guanidine groups is 1. The van der Waals surface area contributed by atoms with Gasteiger partial charge in [-0.15, -0.1) is 0 Å². The second kappa shape index (κ2) is 18.5. The average molecular weight is 673 g/mol. The van der Waals surface area contributed by atoms with E-state index in [0.717, 1.165) is 10.8 Å². The number of nitrogens with one attached hydrogen (secondary N) is 7.